The number of rotatable bonds is 34. The molecule has 0 fully saturated rings. The molecule has 0 radical (unpaired) electrons. The topological polar surface area (TPSA) is 408 Å². The number of aromatic amines is 1. The summed E-state index contributed by atoms with van der Waals surface area (Å²) >= 11 is 0. The van der Waals surface area contributed by atoms with Crippen LogP contribution in [0.2, 0.25) is 0 Å². The highest BCUT2D eigenvalue weighted by Gasteiger charge is 2.35. The molecule has 0 spiro atoms. The van der Waals surface area contributed by atoms with Crippen LogP contribution in [0, 0.1) is 17.8 Å². The highest BCUT2D eigenvalue weighted by Crippen LogP contribution is 2.20. The Morgan fingerprint density at radius 3 is 1.83 bits per heavy atom. The van der Waals surface area contributed by atoms with Crippen molar-refractivity contribution in [2.45, 2.75) is 155 Å². The number of para-hydroxylation sites is 1. The van der Waals surface area contributed by atoms with Gasteiger partial charge in [0.15, 0.2) is 5.96 Å². The minimum atomic E-state index is -1.30. The Balaban J connectivity index is 1.81. The molecule has 9 unspecified atom stereocenters. The molecular weight excluding hydrogens is 1000 g/mol. The Kier molecular flexibility index (Phi) is 27.3. The van der Waals surface area contributed by atoms with Crippen LogP contribution in [0.25, 0.3) is 10.9 Å². The lowest BCUT2D eigenvalue weighted by atomic mass is 9.97. The molecule has 9 amide bonds. The van der Waals surface area contributed by atoms with Crippen LogP contribution < -0.4 is 71.2 Å². The standard InChI is InChI=1S/C54H85N15O9/c1-8-32(6)45(69-48(73)37(56)26-34-17-10-9-11-18-34)53(78)63-33(7)47(72)66-42(27-35-28-61-38-20-13-12-19-36(35)38)50(75)67-41(25-30(2)3)51(76)68-44(31(4)5)52(77)65-40(21-14-15-23-55)49(74)62-29-43(70)64-39(46(57)71)22-16-24-60-54(58)59/h9-13,17-20,28,30-33,37,39-42,44-45,61H,8,14-16,21-27,29,55-56H2,1-7H3,(H2,57,71)(H,62,74)(H,63,78)(H,64,70)(H,65,77)(H,66,72)(H,67,75)(H,68,76)(H,69,73)(H4,58,59,60). The minimum Gasteiger partial charge on any atom is -0.370 e. The average Bonchev–Trinajstić information content (AvgIpc) is 3.82. The van der Waals surface area contributed by atoms with Crippen molar-refractivity contribution in [2.75, 3.05) is 19.6 Å². The second-order valence-electron chi connectivity index (χ2n) is 20.5. The minimum absolute atomic E-state index is 0.0398. The summed E-state index contributed by atoms with van der Waals surface area (Å²) in [5, 5.41) is 22.3. The Hall–Kier alpha value is -7.60. The van der Waals surface area contributed by atoms with Crippen LogP contribution >= 0.6 is 0 Å². The number of aliphatic imine (C=N–C) groups is 1. The smallest absolute Gasteiger partial charge is 0.243 e. The van der Waals surface area contributed by atoms with Gasteiger partial charge in [-0.3, -0.25) is 48.1 Å². The van der Waals surface area contributed by atoms with Gasteiger partial charge in [-0.1, -0.05) is 96.5 Å². The molecule has 9 atom stereocenters. The van der Waals surface area contributed by atoms with E-state index in [1.165, 1.54) is 6.92 Å². The maximum absolute atomic E-state index is 14.6. The van der Waals surface area contributed by atoms with E-state index in [1.54, 1.807) is 27.0 Å². The zero-order chi connectivity index (χ0) is 58.1. The zero-order valence-electron chi connectivity index (χ0n) is 46.1. The highest BCUT2D eigenvalue weighted by molar-refractivity contribution is 5.98. The number of benzene rings is 2. The van der Waals surface area contributed by atoms with Gasteiger partial charge in [-0.2, -0.15) is 0 Å². The monoisotopic (exact) mass is 1090 g/mol. The van der Waals surface area contributed by atoms with E-state index in [-0.39, 0.29) is 56.4 Å². The van der Waals surface area contributed by atoms with Crippen molar-refractivity contribution in [3.8, 4) is 0 Å². The molecular formula is C54H85N15O9. The molecule has 0 aliphatic heterocycles. The lowest BCUT2D eigenvalue weighted by Gasteiger charge is -2.29. The lowest BCUT2D eigenvalue weighted by Crippen LogP contribution is -2.61. The van der Waals surface area contributed by atoms with Crippen molar-refractivity contribution in [3.05, 3.63) is 71.9 Å². The number of hydrogen-bond acceptors (Lipinski definition) is 12. The summed E-state index contributed by atoms with van der Waals surface area (Å²) in [5.74, 6) is -7.46. The van der Waals surface area contributed by atoms with E-state index in [1.807, 2.05) is 75.4 Å². The molecule has 0 aliphatic rings. The second kappa shape index (κ2) is 32.9. The van der Waals surface area contributed by atoms with Crippen molar-refractivity contribution < 1.29 is 43.2 Å². The molecule has 430 valence electrons. The van der Waals surface area contributed by atoms with Crippen molar-refractivity contribution in [2.24, 2.45) is 51.4 Å². The van der Waals surface area contributed by atoms with Gasteiger partial charge in [-0.05, 0) is 93.4 Å². The van der Waals surface area contributed by atoms with Crippen LogP contribution in [0.4, 0.5) is 0 Å². The third-order valence-electron chi connectivity index (χ3n) is 13.1. The highest BCUT2D eigenvalue weighted by atomic mass is 16.2. The lowest BCUT2D eigenvalue weighted by molar-refractivity contribution is -0.136. The predicted molar refractivity (Wildman–Crippen MR) is 298 cm³/mol. The third-order valence-corrected chi connectivity index (χ3v) is 13.1. The molecule has 3 aromatic rings. The first kappa shape index (κ1) is 64.7. The van der Waals surface area contributed by atoms with Gasteiger partial charge in [-0.25, -0.2) is 0 Å². The van der Waals surface area contributed by atoms with Gasteiger partial charge >= 0.3 is 0 Å². The number of hydrogen-bond donors (Lipinski definition) is 14. The zero-order valence-corrected chi connectivity index (χ0v) is 46.1. The van der Waals surface area contributed by atoms with E-state index < -0.39 is 114 Å². The number of unbranched alkanes of at least 4 members (excludes halogenated alkanes) is 1. The predicted octanol–water partition coefficient (Wildman–Crippen LogP) is -0.774. The first-order valence-electron chi connectivity index (χ1n) is 26.7. The van der Waals surface area contributed by atoms with Gasteiger partial charge in [0.05, 0.1) is 12.6 Å². The molecule has 78 heavy (non-hydrogen) atoms. The number of amides is 9. The fourth-order valence-corrected chi connectivity index (χ4v) is 8.43. The van der Waals surface area contributed by atoms with Gasteiger partial charge in [0, 0.05) is 30.1 Å². The van der Waals surface area contributed by atoms with Crippen LogP contribution in [-0.4, -0.2) is 132 Å². The summed E-state index contributed by atoms with van der Waals surface area (Å²) in [6.07, 6.45) is 4.06. The van der Waals surface area contributed by atoms with E-state index in [0.29, 0.717) is 37.8 Å². The third kappa shape index (κ3) is 21.8. The van der Waals surface area contributed by atoms with Gasteiger partial charge in [0.2, 0.25) is 53.2 Å². The van der Waals surface area contributed by atoms with Crippen LogP contribution in [0.15, 0.2) is 65.8 Å². The summed E-state index contributed by atoms with van der Waals surface area (Å²) in [7, 11) is 0. The Morgan fingerprint density at radius 1 is 0.603 bits per heavy atom. The Bertz CT molecular complexity index is 2500. The van der Waals surface area contributed by atoms with Crippen molar-refractivity contribution in [1.82, 2.24) is 47.5 Å². The molecule has 2 aromatic carbocycles. The van der Waals surface area contributed by atoms with Crippen LogP contribution in [0.3, 0.4) is 0 Å². The number of aromatic nitrogens is 1. The van der Waals surface area contributed by atoms with Crippen LogP contribution in [-0.2, 0) is 56.0 Å². The SMILES string of the molecule is CCC(C)C(NC(=O)C(N)Cc1ccccc1)C(=O)NC(C)C(=O)NC(Cc1c[nH]c2ccccc12)C(=O)NC(CC(C)C)C(=O)NC(C(=O)NC(CCCCN)C(=O)NCC(=O)NC(CCCN=C(N)N)C(N)=O)C(C)C. The first-order chi connectivity index (χ1) is 36.9. The number of carbonyl (C=O) groups excluding carboxylic acids is 9. The van der Waals surface area contributed by atoms with E-state index in [0.717, 1.165) is 16.5 Å². The van der Waals surface area contributed by atoms with Gasteiger partial charge in [0.1, 0.15) is 42.3 Å². The molecule has 24 heteroatoms. The van der Waals surface area contributed by atoms with E-state index in [4.69, 9.17) is 28.7 Å². The average molecular weight is 1090 g/mol. The van der Waals surface area contributed by atoms with Gasteiger partial charge in [-0.15, -0.1) is 0 Å². The van der Waals surface area contributed by atoms with Gasteiger partial charge < -0.3 is 76.2 Å². The molecule has 19 N–H and O–H groups in total. The summed E-state index contributed by atoms with van der Waals surface area (Å²) < 4.78 is 0. The van der Waals surface area contributed by atoms with Gasteiger partial charge in [0.25, 0.3) is 0 Å². The molecule has 0 saturated heterocycles. The molecule has 0 aliphatic carbocycles. The largest absolute Gasteiger partial charge is 0.370 e. The fourth-order valence-electron chi connectivity index (χ4n) is 8.43. The number of primary amides is 1. The number of carbonyl (C=O) groups is 9. The van der Waals surface area contributed by atoms with E-state index >= 15 is 0 Å². The number of nitrogens with one attached hydrogen (secondary N) is 9. The molecule has 0 bridgehead atoms. The molecule has 1 heterocycles. The maximum Gasteiger partial charge on any atom is 0.243 e. The van der Waals surface area contributed by atoms with Crippen LogP contribution in [0.5, 0.6) is 0 Å². The number of guanidine groups is 1. The summed E-state index contributed by atoms with van der Waals surface area (Å²) in [4.78, 5) is 130. The van der Waals surface area contributed by atoms with Crippen molar-refractivity contribution in [3.63, 3.8) is 0 Å². The first-order valence-corrected chi connectivity index (χ1v) is 26.7. The molecule has 1 aromatic heterocycles. The molecule has 0 saturated carbocycles. The maximum atomic E-state index is 14.6. The van der Waals surface area contributed by atoms with Crippen molar-refractivity contribution >= 4 is 70.0 Å². The number of nitrogens with two attached hydrogens (primary N) is 5. The number of nitrogens with zero attached hydrogens (tertiary/aromatic N) is 1. The fraction of sp³-hybridized carbons (Fsp3) is 0.556. The Labute approximate surface area is 456 Å². The van der Waals surface area contributed by atoms with Crippen LogP contribution in [0.1, 0.15) is 105 Å². The Morgan fingerprint density at radius 2 is 1.21 bits per heavy atom. The normalized spacial score (nSPS) is 14.7. The summed E-state index contributed by atoms with van der Waals surface area (Å²) in [5.41, 5.74) is 30.4. The summed E-state index contributed by atoms with van der Waals surface area (Å²) in [6.45, 7) is 12.1. The molecule has 24 nitrogen and oxygen atoms in total. The number of fused-ring (bicyclic) bond motifs is 1. The second-order valence-corrected chi connectivity index (χ2v) is 20.5. The molecule has 3 rings (SSSR count). The van der Waals surface area contributed by atoms with Crippen molar-refractivity contribution in [1.29, 1.82) is 0 Å². The quantitative estimate of drug-likeness (QED) is 0.0199. The van der Waals surface area contributed by atoms with E-state index in [2.05, 4.69) is 52.5 Å². The number of H-pyrrole nitrogens is 1. The van der Waals surface area contributed by atoms with E-state index in [9.17, 15) is 43.2 Å². The summed E-state index contributed by atoms with van der Waals surface area (Å²) in [6, 6.07) is 7.42.